The standard InChI is InChI=1S/C20H21NO6S2/c1-12-4-6-16-14(10-18(22)27-19(16)13(12)2)11-26-20(23)17-7-5-15(28-17)8-9-21-29(3,24)25/h4-7,10,21H,8-9,11H2,1-3H3. The highest BCUT2D eigenvalue weighted by Crippen LogP contribution is 2.24. The predicted molar refractivity (Wildman–Crippen MR) is 112 cm³/mol. The molecule has 0 bridgehead atoms. The Kier molecular flexibility index (Phi) is 6.21. The molecule has 0 amide bonds. The quantitative estimate of drug-likeness (QED) is 0.452. The Morgan fingerprint density at radius 1 is 1.21 bits per heavy atom. The van der Waals surface area contributed by atoms with Crippen LogP contribution in [0.3, 0.4) is 0 Å². The molecule has 3 aromatic rings. The zero-order valence-electron chi connectivity index (χ0n) is 16.3. The first-order valence-corrected chi connectivity index (χ1v) is 11.6. The first-order chi connectivity index (χ1) is 13.6. The third-order valence-electron chi connectivity index (χ3n) is 4.47. The van der Waals surface area contributed by atoms with Crippen molar-refractivity contribution in [3.05, 3.63) is 67.2 Å². The van der Waals surface area contributed by atoms with Gasteiger partial charge in [-0.1, -0.05) is 12.1 Å². The molecule has 9 heteroatoms. The van der Waals surface area contributed by atoms with E-state index < -0.39 is 21.6 Å². The smallest absolute Gasteiger partial charge is 0.348 e. The molecule has 7 nitrogen and oxygen atoms in total. The molecular formula is C20H21NO6S2. The van der Waals surface area contributed by atoms with E-state index in [1.807, 2.05) is 26.0 Å². The van der Waals surface area contributed by atoms with Crippen LogP contribution >= 0.6 is 11.3 Å². The second-order valence-electron chi connectivity index (χ2n) is 6.73. The Hall–Kier alpha value is -2.49. The fourth-order valence-electron chi connectivity index (χ4n) is 2.84. The third-order valence-corrected chi connectivity index (χ3v) is 6.33. The molecule has 0 aliphatic carbocycles. The number of fused-ring (bicyclic) bond motifs is 1. The molecule has 2 aromatic heterocycles. The summed E-state index contributed by atoms with van der Waals surface area (Å²) in [6, 6.07) is 8.53. The number of nitrogens with one attached hydrogen (secondary N) is 1. The second-order valence-corrected chi connectivity index (χ2v) is 9.73. The van der Waals surface area contributed by atoms with Crippen LogP contribution < -0.4 is 10.3 Å². The van der Waals surface area contributed by atoms with Gasteiger partial charge in [0.25, 0.3) is 0 Å². The van der Waals surface area contributed by atoms with E-state index in [0.29, 0.717) is 22.4 Å². The van der Waals surface area contributed by atoms with Crippen molar-refractivity contribution in [2.75, 3.05) is 12.8 Å². The van der Waals surface area contributed by atoms with Crippen molar-refractivity contribution < 1.29 is 22.4 Å². The zero-order valence-corrected chi connectivity index (χ0v) is 17.9. The maximum absolute atomic E-state index is 12.4. The molecule has 0 saturated carbocycles. The summed E-state index contributed by atoms with van der Waals surface area (Å²) in [7, 11) is -3.24. The molecule has 0 spiro atoms. The van der Waals surface area contributed by atoms with E-state index in [0.717, 1.165) is 27.6 Å². The largest absolute Gasteiger partial charge is 0.457 e. The van der Waals surface area contributed by atoms with Gasteiger partial charge >= 0.3 is 11.6 Å². The lowest BCUT2D eigenvalue weighted by Crippen LogP contribution is -2.23. The summed E-state index contributed by atoms with van der Waals surface area (Å²) in [6.07, 6.45) is 1.58. The summed E-state index contributed by atoms with van der Waals surface area (Å²) >= 11 is 1.25. The average molecular weight is 436 g/mol. The van der Waals surface area contributed by atoms with E-state index in [4.69, 9.17) is 9.15 Å². The second kappa shape index (κ2) is 8.48. The molecule has 0 radical (unpaired) electrons. The number of sulfonamides is 1. The lowest BCUT2D eigenvalue weighted by atomic mass is 10.0. The summed E-state index contributed by atoms with van der Waals surface area (Å²) in [5.41, 5.74) is 2.47. The fraction of sp³-hybridized carbons (Fsp3) is 0.300. The molecule has 0 unspecified atom stereocenters. The van der Waals surface area contributed by atoms with Crippen LogP contribution in [0.1, 0.15) is 31.2 Å². The molecule has 0 aliphatic rings. The molecule has 2 heterocycles. The number of carbonyl (C=O) groups excluding carboxylic acids is 1. The first kappa shape index (κ1) is 21.2. The van der Waals surface area contributed by atoms with Gasteiger partial charge in [-0.2, -0.15) is 0 Å². The number of hydrogen-bond acceptors (Lipinski definition) is 7. The van der Waals surface area contributed by atoms with Gasteiger partial charge in [0.05, 0.1) is 6.26 Å². The summed E-state index contributed by atoms with van der Waals surface area (Å²) in [5.74, 6) is -0.498. The average Bonchev–Trinajstić information content (AvgIpc) is 3.11. The number of aryl methyl sites for hydroxylation is 2. The number of rotatable bonds is 7. The zero-order chi connectivity index (χ0) is 21.2. The van der Waals surface area contributed by atoms with Gasteiger partial charge in [-0.25, -0.2) is 22.7 Å². The molecule has 1 aromatic carbocycles. The molecule has 1 N–H and O–H groups in total. The molecule has 29 heavy (non-hydrogen) atoms. The van der Waals surface area contributed by atoms with Crippen molar-refractivity contribution in [2.24, 2.45) is 0 Å². The van der Waals surface area contributed by atoms with Crippen molar-refractivity contribution in [3.8, 4) is 0 Å². The Morgan fingerprint density at radius 3 is 2.69 bits per heavy atom. The normalized spacial score (nSPS) is 11.7. The fourth-order valence-corrected chi connectivity index (χ4v) is 4.21. The minimum Gasteiger partial charge on any atom is -0.457 e. The minimum atomic E-state index is -3.24. The lowest BCUT2D eigenvalue weighted by Gasteiger charge is -2.09. The van der Waals surface area contributed by atoms with E-state index >= 15 is 0 Å². The summed E-state index contributed by atoms with van der Waals surface area (Å²) in [6.45, 7) is 4.02. The van der Waals surface area contributed by atoms with Crippen LogP contribution in [-0.2, 0) is 27.8 Å². The van der Waals surface area contributed by atoms with Crippen molar-refractivity contribution in [1.82, 2.24) is 4.72 Å². The van der Waals surface area contributed by atoms with E-state index in [1.54, 1.807) is 12.1 Å². The minimum absolute atomic E-state index is 0.0493. The monoisotopic (exact) mass is 435 g/mol. The number of benzene rings is 1. The van der Waals surface area contributed by atoms with Crippen molar-refractivity contribution in [1.29, 1.82) is 0 Å². The lowest BCUT2D eigenvalue weighted by molar-refractivity contribution is 0.0479. The van der Waals surface area contributed by atoms with Crippen LogP contribution in [0, 0.1) is 13.8 Å². The number of hydrogen-bond donors (Lipinski definition) is 1. The number of esters is 1. The highest BCUT2D eigenvalue weighted by molar-refractivity contribution is 7.88. The van der Waals surface area contributed by atoms with Gasteiger partial charge in [0.2, 0.25) is 10.0 Å². The van der Waals surface area contributed by atoms with Crippen LogP contribution in [0.5, 0.6) is 0 Å². The Morgan fingerprint density at radius 2 is 1.97 bits per heavy atom. The molecule has 0 saturated heterocycles. The van der Waals surface area contributed by atoms with E-state index in [9.17, 15) is 18.0 Å². The highest BCUT2D eigenvalue weighted by atomic mass is 32.2. The van der Waals surface area contributed by atoms with Crippen molar-refractivity contribution in [3.63, 3.8) is 0 Å². The highest BCUT2D eigenvalue weighted by Gasteiger charge is 2.14. The van der Waals surface area contributed by atoms with Crippen LogP contribution in [0.2, 0.25) is 0 Å². The molecule has 0 aliphatic heterocycles. The Labute approximate surface area is 172 Å². The summed E-state index contributed by atoms with van der Waals surface area (Å²) in [4.78, 5) is 25.6. The maximum atomic E-state index is 12.4. The van der Waals surface area contributed by atoms with Gasteiger partial charge in [-0.3, -0.25) is 0 Å². The van der Waals surface area contributed by atoms with Crippen LogP contribution in [0.4, 0.5) is 0 Å². The predicted octanol–water partition coefficient (Wildman–Crippen LogP) is 2.92. The molecule has 154 valence electrons. The number of thiophene rings is 1. The van der Waals surface area contributed by atoms with E-state index in [1.165, 1.54) is 17.4 Å². The van der Waals surface area contributed by atoms with E-state index in [-0.39, 0.29) is 13.2 Å². The summed E-state index contributed by atoms with van der Waals surface area (Å²) < 4.78 is 35.3. The van der Waals surface area contributed by atoms with E-state index in [2.05, 4.69) is 4.72 Å². The van der Waals surface area contributed by atoms with Gasteiger partial charge < -0.3 is 9.15 Å². The maximum Gasteiger partial charge on any atom is 0.348 e. The van der Waals surface area contributed by atoms with Crippen molar-refractivity contribution in [2.45, 2.75) is 26.9 Å². The van der Waals surface area contributed by atoms with Gasteiger partial charge in [-0.05, 0) is 43.5 Å². The van der Waals surface area contributed by atoms with Crippen LogP contribution in [-0.4, -0.2) is 27.2 Å². The van der Waals surface area contributed by atoms with Crippen LogP contribution in [0.25, 0.3) is 11.0 Å². The molecule has 3 rings (SSSR count). The Bertz CT molecular complexity index is 1220. The number of carbonyl (C=O) groups is 1. The third kappa shape index (κ3) is 5.31. The summed E-state index contributed by atoms with van der Waals surface area (Å²) in [5, 5.41) is 0.735. The van der Waals surface area contributed by atoms with Gasteiger partial charge in [0.15, 0.2) is 0 Å². The number of ether oxygens (including phenoxy) is 1. The molecule has 0 fully saturated rings. The molecule has 0 atom stereocenters. The topological polar surface area (TPSA) is 103 Å². The van der Waals surface area contributed by atoms with Gasteiger partial charge in [0, 0.05) is 28.4 Å². The molecular weight excluding hydrogens is 414 g/mol. The van der Waals surface area contributed by atoms with Crippen LogP contribution in [0.15, 0.2) is 39.5 Å². The van der Waals surface area contributed by atoms with Gasteiger partial charge in [0.1, 0.15) is 17.1 Å². The van der Waals surface area contributed by atoms with Crippen molar-refractivity contribution >= 4 is 38.3 Å². The Balaban J connectivity index is 1.70. The van der Waals surface area contributed by atoms with Gasteiger partial charge in [-0.15, -0.1) is 11.3 Å². The SMILES string of the molecule is Cc1ccc2c(COC(=O)c3ccc(CCNS(C)(=O)=O)s3)cc(=O)oc2c1C. The first-order valence-electron chi connectivity index (χ1n) is 8.87.